The van der Waals surface area contributed by atoms with E-state index < -0.39 is 0 Å². The van der Waals surface area contributed by atoms with Crippen LogP contribution in [0.2, 0.25) is 0 Å². The van der Waals surface area contributed by atoms with Gasteiger partial charge in [-0.15, -0.1) is 0 Å². The van der Waals surface area contributed by atoms with Crippen LogP contribution in [-0.4, -0.2) is 25.8 Å². The number of fused-ring (bicyclic) bond motifs is 10. The van der Waals surface area contributed by atoms with E-state index in [4.69, 9.17) is 4.98 Å². The predicted molar refractivity (Wildman–Crippen MR) is 313 cm³/mol. The molecule has 14 aromatic rings. The first-order valence-electron chi connectivity index (χ1n) is 25.8. The van der Waals surface area contributed by atoms with Crippen LogP contribution in [0.3, 0.4) is 0 Å². The van der Waals surface area contributed by atoms with Crippen molar-refractivity contribution < 1.29 is 0 Å². The molecular weight excluding hydrogens is 908 g/mol. The van der Waals surface area contributed by atoms with E-state index in [1.165, 1.54) is 127 Å². The number of hydrogen-bond donors (Lipinski definition) is 0. The minimum atomic E-state index is -0.136. The lowest BCUT2D eigenvalue weighted by Gasteiger charge is -2.34. The average Bonchev–Trinajstić information content (AvgIpc) is 4.09. The minimum Gasteiger partial charge on any atom is -0.310 e. The Bertz CT molecular complexity index is 4320. The minimum absolute atomic E-state index is 0.136. The van der Waals surface area contributed by atoms with Crippen molar-refractivity contribution in [1.29, 1.82) is 0 Å². The zero-order chi connectivity index (χ0) is 49.1. The number of benzene rings is 11. The zero-order valence-electron chi connectivity index (χ0n) is 40.7. The highest BCUT2D eigenvalue weighted by Crippen LogP contribution is 2.48. The molecule has 5 heterocycles. The molecule has 0 saturated heterocycles. The number of nitrogens with zero attached hydrogens (tertiary/aromatic N) is 4. The summed E-state index contributed by atoms with van der Waals surface area (Å²) >= 11 is 0. The molecule has 346 valence electrons. The Morgan fingerprint density at radius 3 is 1.07 bits per heavy atom. The summed E-state index contributed by atoms with van der Waals surface area (Å²) < 4.78 is 5.24. The third-order valence-electron chi connectivity index (χ3n) is 16.0. The molecule has 0 spiro atoms. The first-order chi connectivity index (χ1) is 37.2. The van der Waals surface area contributed by atoms with Gasteiger partial charge >= 0.3 is 0 Å². The van der Waals surface area contributed by atoms with Crippen molar-refractivity contribution in [1.82, 2.24) is 19.1 Å². The topological polar surface area (TPSA) is 35.6 Å². The molecule has 11 aromatic carbocycles. The van der Waals surface area contributed by atoms with E-state index in [1.54, 1.807) is 6.33 Å². The summed E-state index contributed by atoms with van der Waals surface area (Å²) in [4.78, 5) is 9.38. The molecule has 0 fully saturated rings. The quantitative estimate of drug-likeness (QED) is 0.149. The molecule has 0 unspecified atom stereocenters. The van der Waals surface area contributed by atoms with Crippen molar-refractivity contribution in [2.45, 2.75) is 0 Å². The van der Waals surface area contributed by atoms with Gasteiger partial charge in [-0.3, -0.25) is 0 Å². The van der Waals surface area contributed by atoms with Crippen LogP contribution in [0.15, 0.2) is 261 Å². The van der Waals surface area contributed by atoms with E-state index in [-0.39, 0.29) is 6.71 Å². The van der Waals surface area contributed by atoms with Gasteiger partial charge in [0.2, 0.25) is 0 Å². The summed E-state index contributed by atoms with van der Waals surface area (Å²) in [5, 5.41) is 4.95. The second-order valence-electron chi connectivity index (χ2n) is 20.1. The largest absolute Gasteiger partial charge is 0.310 e. The molecule has 3 aromatic heterocycles. The van der Waals surface area contributed by atoms with Gasteiger partial charge in [-0.2, -0.15) is 0 Å². The Kier molecular flexibility index (Phi) is 9.10. The van der Waals surface area contributed by atoms with Gasteiger partial charge in [-0.1, -0.05) is 194 Å². The highest BCUT2D eigenvalue weighted by Gasteiger charge is 2.42. The normalized spacial score (nSPS) is 12.2. The van der Waals surface area contributed by atoms with Crippen molar-refractivity contribution in [3.05, 3.63) is 261 Å². The zero-order valence-corrected chi connectivity index (χ0v) is 40.7. The summed E-state index contributed by atoms with van der Waals surface area (Å²) in [6.45, 7) is -0.136. The molecule has 0 N–H and O–H groups in total. The molecule has 75 heavy (non-hydrogen) atoms. The van der Waals surface area contributed by atoms with Crippen molar-refractivity contribution >= 4 is 66.7 Å². The van der Waals surface area contributed by atoms with Gasteiger partial charge in [0.25, 0.3) is 6.71 Å². The van der Waals surface area contributed by atoms with E-state index in [2.05, 4.69) is 257 Å². The smallest absolute Gasteiger partial charge is 0.252 e. The van der Waals surface area contributed by atoms with Gasteiger partial charge in [0.1, 0.15) is 6.33 Å². The molecule has 16 rings (SSSR count). The fourth-order valence-corrected chi connectivity index (χ4v) is 12.8. The molecular formula is C70H43BN4. The summed E-state index contributed by atoms with van der Waals surface area (Å²) in [5.41, 5.74) is 27.2. The van der Waals surface area contributed by atoms with Gasteiger partial charge < -0.3 is 9.13 Å². The third kappa shape index (κ3) is 6.31. The lowest BCUT2D eigenvalue weighted by atomic mass is 9.34. The van der Waals surface area contributed by atoms with E-state index in [1.807, 2.05) is 12.3 Å². The molecule has 0 atom stereocenters. The highest BCUT2D eigenvalue weighted by molar-refractivity contribution is 7.00. The number of aromatic nitrogens is 4. The molecule has 0 amide bonds. The van der Waals surface area contributed by atoms with Gasteiger partial charge in [-0.05, 0) is 138 Å². The SMILES string of the molecule is c1ccc(-c2cc3c4c(c2)c2c(-c5ccccc5)cc(-c5ccccc5)cc2n4-c2cc(-c4ccncn4)cc4c2B3c2cc(-c3ccccc3)cc3c5c(-c6ccccc6)cc(-c6ccccc6)cc5n-4c23)cc1. The average molecular weight is 951 g/mol. The molecule has 0 aliphatic carbocycles. The Balaban J connectivity index is 1.14. The van der Waals surface area contributed by atoms with E-state index in [9.17, 15) is 0 Å². The van der Waals surface area contributed by atoms with E-state index >= 15 is 0 Å². The summed E-state index contributed by atoms with van der Waals surface area (Å²) in [7, 11) is 0. The maximum absolute atomic E-state index is 4.97. The first kappa shape index (κ1) is 41.7. The molecule has 5 heteroatoms. The molecule has 2 aliphatic heterocycles. The third-order valence-corrected chi connectivity index (χ3v) is 16.0. The fraction of sp³-hybridized carbons (Fsp3) is 0. The maximum atomic E-state index is 4.97. The lowest BCUT2D eigenvalue weighted by molar-refractivity contribution is 1.13. The number of hydrogen-bond acceptors (Lipinski definition) is 2. The Morgan fingerprint density at radius 2 is 0.693 bits per heavy atom. The van der Waals surface area contributed by atoms with Gasteiger partial charge in [-0.25, -0.2) is 9.97 Å². The standard InChI is InChI=1S/C70H43BN4/c1-7-19-44(20-8-1)50-35-57-66-55(48-27-15-5-16-28-48)33-52(46-23-11-3-12-24-46)39-62(66)74-64-41-54(61-31-32-72-43-73-61)42-65-68(64)71(59(37-50)69(57)74)60-38-51(45-21-9-2-10-22-45)36-58-67-56(49-29-17-6-18-30-49)34-53(47-25-13-4-14-26-47)40-63(67)75(65)70(58)60/h1-43H. The van der Waals surface area contributed by atoms with Crippen LogP contribution in [0.5, 0.6) is 0 Å². The maximum Gasteiger partial charge on any atom is 0.252 e. The highest BCUT2D eigenvalue weighted by atomic mass is 15.0. The van der Waals surface area contributed by atoms with Crippen LogP contribution >= 0.6 is 0 Å². The van der Waals surface area contributed by atoms with Crippen molar-refractivity contribution in [2.24, 2.45) is 0 Å². The van der Waals surface area contributed by atoms with Gasteiger partial charge in [0.15, 0.2) is 0 Å². The summed E-state index contributed by atoms with van der Waals surface area (Å²) in [5.74, 6) is 0. The molecule has 0 radical (unpaired) electrons. The predicted octanol–water partition coefficient (Wildman–Crippen LogP) is 15.5. The molecule has 0 saturated carbocycles. The Morgan fingerprint density at radius 1 is 0.320 bits per heavy atom. The van der Waals surface area contributed by atoms with Crippen molar-refractivity contribution in [3.63, 3.8) is 0 Å². The second-order valence-corrected chi connectivity index (χ2v) is 20.1. The second kappa shape index (κ2) is 16.3. The Labute approximate surface area is 434 Å². The summed E-state index contributed by atoms with van der Waals surface area (Å²) in [6.07, 6.45) is 3.53. The molecule has 4 nitrogen and oxygen atoms in total. The van der Waals surface area contributed by atoms with Crippen LogP contribution in [0.4, 0.5) is 0 Å². The number of rotatable bonds is 7. The van der Waals surface area contributed by atoms with Gasteiger partial charge in [0, 0.05) is 55.7 Å². The van der Waals surface area contributed by atoms with Crippen LogP contribution in [-0.2, 0) is 0 Å². The molecule has 2 aliphatic rings. The van der Waals surface area contributed by atoms with Crippen LogP contribution in [0, 0.1) is 0 Å². The molecule has 0 bridgehead atoms. The van der Waals surface area contributed by atoms with Crippen LogP contribution in [0.1, 0.15) is 0 Å². The Hall–Kier alpha value is -9.84. The van der Waals surface area contributed by atoms with Crippen molar-refractivity contribution in [2.75, 3.05) is 0 Å². The van der Waals surface area contributed by atoms with Crippen LogP contribution in [0.25, 0.3) is 133 Å². The fourth-order valence-electron chi connectivity index (χ4n) is 12.8. The van der Waals surface area contributed by atoms with Crippen molar-refractivity contribution in [3.8, 4) is 89.4 Å². The first-order valence-corrected chi connectivity index (χ1v) is 25.8. The van der Waals surface area contributed by atoms with Crippen LogP contribution < -0.4 is 16.4 Å². The summed E-state index contributed by atoms with van der Waals surface area (Å²) in [6, 6.07) is 92.2. The lowest BCUT2D eigenvalue weighted by Crippen LogP contribution is -2.59. The monoisotopic (exact) mass is 950 g/mol. The van der Waals surface area contributed by atoms with E-state index in [0.717, 1.165) is 22.6 Å². The van der Waals surface area contributed by atoms with E-state index in [0.29, 0.717) is 0 Å². The van der Waals surface area contributed by atoms with Gasteiger partial charge in [0.05, 0.1) is 16.7 Å².